The van der Waals surface area contributed by atoms with E-state index >= 15 is 0 Å². The van der Waals surface area contributed by atoms with E-state index in [1.165, 1.54) is 37.1 Å². The minimum atomic E-state index is -0.125. The number of nitrogens with two attached hydrogens (primary N) is 1. The van der Waals surface area contributed by atoms with Gasteiger partial charge in [0.25, 0.3) is 5.91 Å². The lowest BCUT2D eigenvalue weighted by Crippen LogP contribution is -2.39. The molecule has 5 nitrogen and oxygen atoms in total. The van der Waals surface area contributed by atoms with Gasteiger partial charge in [0.05, 0.1) is 0 Å². The summed E-state index contributed by atoms with van der Waals surface area (Å²) in [5.74, 6) is -0.125. The topological polar surface area (TPSA) is 71.2 Å². The molecule has 1 unspecified atom stereocenters. The van der Waals surface area contributed by atoms with Crippen LogP contribution in [0, 0.1) is 0 Å². The number of nitrogen functional groups attached to an aromatic ring is 1. The number of nitrogens with one attached hydrogen (secondary N) is 1. The number of hydrogen-bond acceptors (Lipinski definition) is 5. The van der Waals surface area contributed by atoms with Crippen molar-refractivity contribution in [2.75, 3.05) is 25.4 Å². The fourth-order valence-corrected chi connectivity index (χ4v) is 3.00. The SMILES string of the molecule is CC1CCCCN1CCCNC(=O)c1csc(N)n1. The summed E-state index contributed by atoms with van der Waals surface area (Å²) in [5.41, 5.74) is 5.93. The molecule has 6 heteroatoms. The summed E-state index contributed by atoms with van der Waals surface area (Å²) in [7, 11) is 0. The van der Waals surface area contributed by atoms with E-state index in [0.717, 1.165) is 13.0 Å². The Morgan fingerprint density at radius 3 is 3.16 bits per heavy atom. The molecule has 1 aliphatic heterocycles. The predicted molar refractivity (Wildman–Crippen MR) is 78.4 cm³/mol. The number of rotatable bonds is 5. The minimum Gasteiger partial charge on any atom is -0.375 e. The van der Waals surface area contributed by atoms with Crippen LogP contribution in [0.2, 0.25) is 0 Å². The summed E-state index contributed by atoms with van der Waals surface area (Å²) in [6.07, 6.45) is 4.93. The van der Waals surface area contributed by atoms with Gasteiger partial charge in [-0.2, -0.15) is 0 Å². The molecule has 0 saturated carbocycles. The third-order valence-corrected chi connectivity index (χ3v) is 4.28. The first kappa shape index (κ1) is 14.3. The van der Waals surface area contributed by atoms with Gasteiger partial charge in [0.2, 0.25) is 0 Å². The average molecular weight is 282 g/mol. The predicted octanol–water partition coefficient (Wildman–Crippen LogP) is 1.72. The summed E-state index contributed by atoms with van der Waals surface area (Å²) in [4.78, 5) is 18.2. The van der Waals surface area contributed by atoms with Crippen LogP contribution in [0.4, 0.5) is 5.13 Å². The molecule has 1 aromatic heterocycles. The van der Waals surface area contributed by atoms with Crippen molar-refractivity contribution < 1.29 is 4.79 Å². The van der Waals surface area contributed by atoms with Crippen LogP contribution in [-0.2, 0) is 0 Å². The molecule has 0 bridgehead atoms. The Kier molecular flexibility index (Phi) is 5.15. The van der Waals surface area contributed by atoms with E-state index in [2.05, 4.69) is 22.1 Å². The molecule has 1 amide bonds. The lowest BCUT2D eigenvalue weighted by Gasteiger charge is -2.33. The Morgan fingerprint density at radius 2 is 2.47 bits per heavy atom. The normalized spacial score (nSPS) is 20.4. The third-order valence-electron chi connectivity index (χ3n) is 3.60. The highest BCUT2D eigenvalue weighted by Crippen LogP contribution is 2.16. The standard InChI is InChI=1S/C13H22N4OS/c1-10-5-2-3-7-17(10)8-4-6-15-12(18)11-9-19-13(14)16-11/h9-10H,2-8H2,1H3,(H2,14,16)(H,15,18). The van der Waals surface area contributed by atoms with Crippen molar-refractivity contribution in [3.63, 3.8) is 0 Å². The number of likely N-dealkylation sites (tertiary alicyclic amines) is 1. The maximum absolute atomic E-state index is 11.7. The van der Waals surface area contributed by atoms with Crippen LogP contribution in [0.3, 0.4) is 0 Å². The van der Waals surface area contributed by atoms with Crippen LogP contribution >= 0.6 is 11.3 Å². The number of aromatic nitrogens is 1. The highest BCUT2D eigenvalue weighted by atomic mass is 32.1. The monoisotopic (exact) mass is 282 g/mol. The largest absolute Gasteiger partial charge is 0.375 e. The molecular formula is C13H22N4OS. The smallest absolute Gasteiger partial charge is 0.270 e. The highest BCUT2D eigenvalue weighted by Gasteiger charge is 2.17. The van der Waals surface area contributed by atoms with Crippen molar-refractivity contribution in [2.45, 2.75) is 38.6 Å². The average Bonchev–Trinajstić information content (AvgIpc) is 2.83. The van der Waals surface area contributed by atoms with Gasteiger partial charge in [-0.25, -0.2) is 4.98 Å². The Morgan fingerprint density at radius 1 is 1.63 bits per heavy atom. The van der Waals surface area contributed by atoms with Gasteiger partial charge in [-0.05, 0) is 32.7 Å². The number of hydrogen-bond donors (Lipinski definition) is 2. The van der Waals surface area contributed by atoms with Crippen molar-refractivity contribution >= 4 is 22.4 Å². The Labute approximate surface area is 118 Å². The molecule has 0 radical (unpaired) electrons. The van der Waals surface area contributed by atoms with Gasteiger partial charge in [-0.3, -0.25) is 4.79 Å². The summed E-state index contributed by atoms with van der Waals surface area (Å²) < 4.78 is 0. The summed E-state index contributed by atoms with van der Waals surface area (Å²) in [6.45, 7) is 5.23. The number of piperidine rings is 1. The van der Waals surface area contributed by atoms with E-state index in [-0.39, 0.29) is 5.91 Å². The van der Waals surface area contributed by atoms with Crippen molar-refractivity contribution in [3.8, 4) is 0 Å². The first-order valence-electron chi connectivity index (χ1n) is 6.90. The summed E-state index contributed by atoms with van der Waals surface area (Å²) in [5, 5.41) is 5.02. The molecular weight excluding hydrogens is 260 g/mol. The highest BCUT2D eigenvalue weighted by molar-refractivity contribution is 7.13. The van der Waals surface area contributed by atoms with Crippen LogP contribution < -0.4 is 11.1 Å². The lowest BCUT2D eigenvalue weighted by molar-refractivity contribution is 0.0944. The van der Waals surface area contributed by atoms with Crippen LogP contribution in [0.15, 0.2) is 5.38 Å². The zero-order chi connectivity index (χ0) is 13.7. The molecule has 1 aliphatic rings. The molecule has 1 atom stereocenters. The lowest BCUT2D eigenvalue weighted by atomic mass is 10.0. The van der Waals surface area contributed by atoms with E-state index in [0.29, 0.717) is 23.4 Å². The van der Waals surface area contributed by atoms with Gasteiger partial charge < -0.3 is 16.0 Å². The molecule has 2 rings (SSSR count). The second kappa shape index (κ2) is 6.86. The first-order chi connectivity index (χ1) is 9.16. The van der Waals surface area contributed by atoms with E-state index < -0.39 is 0 Å². The Hall–Kier alpha value is -1.14. The number of carbonyl (C=O) groups is 1. The molecule has 19 heavy (non-hydrogen) atoms. The first-order valence-corrected chi connectivity index (χ1v) is 7.78. The summed E-state index contributed by atoms with van der Waals surface area (Å²) in [6, 6.07) is 0.683. The van der Waals surface area contributed by atoms with Crippen molar-refractivity contribution in [1.29, 1.82) is 0 Å². The molecule has 1 aromatic rings. The fraction of sp³-hybridized carbons (Fsp3) is 0.692. The molecule has 106 valence electrons. The molecule has 3 N–H and O–H groups in total. The number of amides is 1. The van der Waals surface area contributed by atoms with Gasteiger partial charge in [0.1, 0.15) is 5.69 Å². The second-order valence-electron chi connectivity index (χ2n) is 5.06. The Balaban J connectivity index is 1.65. The molecule has 1 fully saturated rings. The van der Waals surface area contributed by atoms with Gasteiger partial charge in [0, 0.05) is 24.5 Å². The molecule has 1 saturated heterocycles. The molecule has 0 aromatic carbocycles. The van der Waals surface area contributed by atoms with Gasteiger partial charge in [-0.1, -0.05) is 6.42 Å². The number of anilines is 1. The maximum atomic E-state index is 11.7. The second-order valence-corrected chi connectivity index (χ2v) is 5.95. The minimum absolute atomic E-state index is 0.125. The Bertz CT molecular complexity index is 421. The van der Waals surface area contributed by atoms with Crippen molar-refractivity contribution in [3.05, 3.63) is 11.1 Å². The fourth-order valence-electron chi connectivity index (χ4n) is 2.46. The van der Waals surface area contributed by atoms with E-state index in [9.17, 15) is 4.79 Å². The van der Waals surface area contributed by atoms with E-state index in [1.807, 2.05) is 0 Å². The van der Waals surface area contributed by atoms with Crippen LogP contribution in [0.25, 0.3) is 0 Å². The zero-order valence-electron chi connectivity index (χ0n) is 11.4. The maximum Gasteiger partial charge on any atom is 0.270 e. The van der Waals surface area contributed by atoms with E-state index in [4.69, 9.17) is 5.73 Å². The zero-order valence-corrected chi connectivity index (χ0v) is 12.2. The molecule has 2 heterocycles. The van der Waals surface area contributed by atoms with Crippen molar-refractivity contribution in [2.24, 2.45) is 0 Å². The number of carbonyl (C=O) groups excluding carboxylic acids is 1. The number of nitrogens with zero attached hydrogens (tertiary/aromatic N) is 2. The number of thiazole rings is 1. The molecule has 0 spiro atoms. The van der Waals surface area contributed by atoms with Gasteiger partial charge in [0.15, 0.2) is 5.13 Å². The van der Waals surface area contributed by atoms with Crippen LogP contribution in [0.5, 0.6) is 0 Å². The van der Waals surface area contributed by atoms with Crippen LogP contribution in [0.1, 0.15) is 43.1 Å². The van der Waals surface area contributed by atoms with E-state index in [1.54, 1.807) is 5.38 Å². The van der Waals surface area contributed by atoms with Crippen LogP contribution in [-0.4, -0.2) is 41.5 Å². The van der Waals surface area contributed by atoms with Gasteiger partial charge in [-0.15, -0.1) is 11.3 Å². The quantitative estimate of drug-likeness (QED) is 0.807. The van der Waals surface area contributed by atoms with Gasteiger partial charge >= 0.3 is 0 Å². The van der Waals surface area contributed by atoms with Crippen molar-refractivity contribution in [1.82, 2.24) is 15.2 Å². The molecule has 0 aliphatic carbocycles. The third kappa shape index (κ3) is 4.18. The summed E-state index contributed by atoms with van der Waals surface area (Å²) >= 11 is 1.29.